The lowest BCUT2D eigenvalue weighted by Crippen LogP contribution is -2.18. The van der Waals surface area contributed by atoms with Gasteiger partial charge in [0.05, 0.1) is 12.3 Å². The minimum Gasteiger partial charge on any atom is -0.459 e. The topological polar surface area (TPSA) is 80.0 Å². The summed E-state index contributed by atoms with van der Waals surface area (Å²) >= 11 is 1.45. The molecular weight excluding hydrogens is 427 g/mol. The zero-order chi connectivity index (χ0) is 22.7. The van der Waals surface area contributed by atoms with Crippen LogP contribution in [0.3, 0.4) is 0 Å². The molecule has 2 N–H and O–H groups in total. The van der Waals surface area contributed by atoms with E-state index >= 15 is 0 Å². The highest BCUT2D eigenvalue weighted by Gasteiger charge is 2.25. The van der Waals surface area contributed by atoms with Crippen molar-refractivity contribution in [2.45, 2.75) is 33.2 Å². The van der Waals surface area contributed by atoms with Gasteiger partial charge in [-0.1, -0.05) is 25.1 Å². The Hall–Kier alpha value is -3.52. The van der Waals surface area contributed by atoms with Crippen LogP contribution in [0, 0.1) is 19.7 Å². The molecule has 4 aromatic rings. The van der Waals surface area contributed by atoms with Gasteiger partial charge < -0.3 is 15.1 Å². The molecule has 0 fully saturated rings. The van der Waals surface area contributed by atoms with Gasteiger partial charge in [0.1, 0.15) is 10.8 Å². The van der Waals surface area contributed by atoms with E-state index in [0.29, 0.717) is 16.5 Å². The highest BCUT2D eigenvalue weighted by Crippen LogP contribution is 2.38. The quantitative estimate of drug-likeness (QED) is 0.366. The number of halogens is 1. The van der Waals surface area contributed by atoms with Crippen LogP contribution in [0.15, 0.2) is 59.2 Å². The summed E-state index contributed by atoms with van der Waals surface area (Å²) in [5.74, 6) is -0.128. The number of amides is 1. The van der Waals surface area contributed by atoms with E-state index < -0.39 is 6.04 Å². The molecule has 1 amide bonds. The summed E-state index contributed by atoms with van der Waals surface area (Å²) in [6.07, 6.45) is 2.22. The number of carbonyl (C=O) groups is 1. The number of furan rings is 1. The molecule has 164 valence electrons. The Morgan fingerprint density at radius 3 is 2.50 bits per heavy atom. The zero-order valence-electron chi connectivity index (χ0n) is 18.0. The number of nitrogens with one attached hydrogen (secondary N) is 2. The first-order valence-corrected chi connectivity index (χ1v) is 11.1. The molecule has 32 heavy (non-hydrogen) atoms. The smallest absolute Gasteiger partial charge is 0.291 e. The third kappa shape index (κ3) is 4.70. The van der Waals surface area contributed by atoms with Gasteiger partial charge in [-0.2, -0.15) is 0 Å². The highest BCUT2D eigenvalue weighted by atomic mass is 32.1. The van der Waals surface area contributed by atoms with Gasteiger partial charge in [0.25, 0.3) is 5.91 Å². The monoisotopic (exact) mass is 450 g/mol. The van der Waals surface area contributed by atoms with Crippen LogP contribution in [0.25, 0.3) is 0 Å². The number of anilines is 2. The highest BCUT2D eigenvalue weighted by molar-refractivity contribution is 7.16. The second kappa shape index (κ2) is 9.32. The summed E-state index contributed by atoms with van der Waals surface area (Å²) < 4.78 is 20.1. The van der Waals surface area contributed by atoms with Crippen molar-refractivity contribution >= 4 is 28.2 Å². The van der Waals surface area contributed by atoms with Gasteiger partial charge >= 0.3 is 0 Å². The average Bonchev–Trinajstić information content (AvgIpc) is 3.42. The van der Waals surface area contributed by atoms with Crippen LogP contribution in [-0.4, -0.2) is 15.9 Å². The molecule has 0 radical (unpaired) electrons. The van der Waals surface area contributed by atoms with E-state index in [1.807, 2.05) is 32.9 Å². The van der Waals surface area contributed by atoms with Crippen molar-refractivity contribution < 1.29 is 13.6 Å². The summed E-state index contributed by atoms with van der Waals surface area (Å²) in [5, 5.41) is 6.84. The van der Waals surface area contributed by atoms with Gasteiger partial charge in [0.15, 0.2) is 5.76 Å². The second-order valence-corrected chi connectivity index (χ2v) is 8.49. The standard InChI is InChI=1S/C24H23FN4O2S/c1-4-16-13-18(23(32-16)29-22(30)20-10-7-11-31-20)21(17-8-5-6-9-19(17)25)28-24-26-14(2)12-15(3)27-24/h5-13,21H,4H2,1-3H3,(H,29,30)(H,26,27,28)/t21-/m1/s1. The number of benzene rings is 1. The van der Waals surface area contributed by atoms with Crippen LogP contribution < -0.4 is 10.6 Å². The minimum absolute atomic E-state index is 0.204. The SMILES string of the molecule is CCc1cc([C@H](Nc2nc(C)cc(C)n2)c2ccccc2F)c(NC(=O)c2ccco2)s1. The fourth-order valence-electron chi connectivity index (χ4n) is 3.47. The molecular formula is C24H23FN4O2S. The van der Waals surface area contributed by atoms with Crippen molar-refractivity contribution in [1.29, 1.82) is 0 Å². The Labute approximate surface area is 189 Å². The first kappa shape index (κ1) is 21.7. The molecule has 6 nitrogen and oxygen atoms in total. The fraction of sp³-hybridized carbons (Fsp3) is 0.208. The third-order valence-electron chi connectivity index (χ3n) is 4.92. The fourth-order valence-corrected chi connectivity index (χ4v) is 4.50. The molecule has 1 atom stereocenters. The van der Waals surface area contributed by atoms with E-state index in [4.69, 9.17) is 4.42 Å². The van der Waals surface area contributed by atoms with Crippen molar-refractivity contribution in [2.24, 2.45) is 0 Å². The van der Waals surface area contributed by atoms with E-state index in [1.54, 1.807) is 30.3 Å². The Bertz CT molecular complexity index is 1220. The van der Waals surface area contributed by atoms with Crippen LogP contribution in [0.5, 0.6) is 0 Å². The van der Waals surface area contributed by atoms with Crippen LogP contribution in [-0.2, 0) is 6.42 Å². The van der Waals surface area contributed by atoms with Gasteiger partial charge in [0.2, 0.25) is 5.95 Å². The summed E-state index contributed by atoms with van der Waals surface area (Å²) in [5.41, 5.74) is 2.78. The van der Waals surface area contributed by atoms with E-state index in [2.05, 4.69) is 20.6 Å². The lowest BCUT2D eigenvalue weighted by molar-refractivity contribution is 0.0997. The van der Waals surface area contributed by atoms with E-state index in [1.165, 1.54) is 23.7 Å². The summed E-state index contributed by atoms with van der Waals surface area (Å²) in [7, 11) is 0. The summed E-state index contributed by atoms with van der Waals surface area (Å²) in [4.78, 5) is 22.7. The van der Waals surface area contributed by atoms with E-state index in [9.17, 15) is 9.18 Å². The number of thiophene rings is 1. The number of aromatic nitrogens is 2. The van der Waals surface area contributed by atoms with E-state index in [0.717, 1.165) is 28.2 Å². The minimum atomic E-state index is -0.610. The van der Waals surface area contributed by atoms with Gasteiger partial charge in [-0.3, -0.25) is 4.79 Å². The molecule has 8 heteroatoms. The van der Waals surface area contributed by atoms with Crippen molar-refractivity contribution in [3.05, 3.63) is 93.8 Å². The van der Waals surface area contributed by atoms with Crippen molar-refractivity contribution in [3.8, 4) is 0 Å². The number of rotatable bonds is 7. The molecule has 4 rings (SSSR count). The van der Waals surface area contributed by atoms with Gasteiger partial charge in [-0.15, -0.1) is 11.3 Å². The number of hydrogen-bond donors (Lipinski definition) is 2. The molecule has 0 saturated heterocycles. The Balaban J connectivity index is 1.79. The Kier molecular flexibility index (Phi) is 6.32. The van der Waals surface area contributed by atoms with E-state index in [-0.39, 0.29) is 17.5 Å². The molecule has 0 aliphatic carbocycles. The molecule has 0 saturated carbocycles. The van der Waals surface area contributed by atoms with Crippen LogP contribution in [0.2, 0.25) is 0 Å². The summed E-state index contributed by atoms with van der Waals surface area (Å²) in [6.45, 7) is 5.80. The Morgan fingerprint density at radius 2 is 1.84 bits per heavy atom. The molecule has 3 heterocycles. The lowest BCUT2D eigenvalue weighted by atomic mass is 9.99. The molecule has 0 aliphatic rings. The second-order valence-electron chi connectivity index (χ2n) is 7.36. The van der Waals surface area contributed by atoms with Crippen molar-refractivity contribution in [1.82, 2.24) is 9.97 Å². The lowest BCUT2D eigenvalue weighted by Gasteiger charge is -2.21. The first-order valence-electron chi connectivity index (χ1n) is 10.2. The molecule has 0 spiro atoms. The molecule has 1 aromatic carbocycles. The van der Waals surface area contributed by atoms with Crippen LogP contribution in [0.4, 0.5) is 15.3 Å². The predicted octanol–water partition coefficient (Wildman–Crippen LogP) is 5.90. The maximum Gasteiger partial charge on any atom is 0.291 e. The summed E-state index contributed by atoms with van der Waals surface area (Å²) in [6, 6.07) is 13.1. The molecule has 0 unspecified atom stereocenters. The normalized spacial score (nSPS) is 11.9. The largest absolute Gasteiger partial charge is 0.459 e. The third-order valence-corrected chi connectivity index (χ3v) is 6.13. The number of carbonyl (C=O) groups excluding carboxylic acids is 1. The zero-order valence-corrected chi connectivity index (χ0v) is 18.8. The first-order chi connectivity index (χ1) is 15.4. The molecule has 0 bridgehead atoms. The van der Waals surface area contributed by atoms with Crippen LogP contribution >= 0.6 is 11.3 Å². The maximum atomic E-state index is 14.9. The number of nitrogens with zero attached hydrogens (tertiary/aromatic N) is 2. The maximum absolute atomic E-state index is 14.9. The van der Waals surface area contributed by atoms with Crippen molar-refractivity contribution in [2.75, 3.05) is 10.6 Å². The average molecular weight is 451 g/mol. The van der Waals surface area contributed by atoms with Crippen molar-refractivity contribution in [3.63, 3.8) is 0 Å². The van der Waals surface area contributed by atoms with Gasteiger partial charge in [-0.25, -0.2) is 14.4 Å². The number of aryl methyl sites for hydroxylation is 3. The van der Waals surface area contributed by atoms with Crippen LogP contribution in [0.1, 0.15) is 50.9 Å². The molecule has 3 aromatic heterocycles. The van der Waals surface area contributed by atoms with Gasteiger partial charge in [-0.05, 0) is 50.6 Å². The predicted molar refractivity (Wildman–Crippen MR) is 124 cm³/mol. The molecule has 0 aliphatic heterocycles. The van der Waals surface area contributed by atoms with Gasteiger partial charge in [0, 0.05) is 27.4 Å². The Morgan fingerprint density at radius 1 is 1.09 bits per heavy atom. The number of hydrogen-bond acceptors (Lipinski definition) is 6.